The Morgan fingerprint density at radius 1 is 1.11 bits per heavy atom. The summed E-state index contributed by atoms with van der Waals surface area (Å²) < 4.78 is 5.85. The molecule has 0 radical (unpaired) electrons. The molecule has 3 rings (SSSR count). The van der Waals surface area contributed by atoms with Crippen LogP contribution in [0.5, 0.6) is 11.5 Å². The number of carbonyl (C=O) groups excluding carboxylic acids is 2. The fourth-order valence-corrected chi connectivity index (χ4v) is 3.34. The number of rotatable bonds is 6. The topological polar surface area (TPSA) is 58.6 Å². The molecule has 0 saturated carbocycles. The molecule has 0 aromatic heterocycles. The van der Waals surface area contributed by atoms with Crippen molar-refractivity contribution in [3.05, 3.63) is 60.2 Å². The Labute approximate surface area is 160 Å². The van der Waals surface area contributed by atoms with E-state index in [1.807, 2.05) is 54.6 Å². The van der Waals surface area contributed by atoms with Gasteiger partial charge >= 0.3 is 0 Å². The second kappa shape index (κ2) is 9.21. The maximum absolute atomic E-state index is 12.4. The molecule has 1 fully saturated rings. The fraction of sp³-hybridized carbons (Fsp3) is 0.364. The lowest BCUT2D eigenvalue weighted by atomic mass is 9.97. The van der Waals surface area contributed by atoms with Gasteiger partial charge in [0.2, 0.25) is 11.8 Å². The number of nitrogens with zero attached hydrogens (tertiary/aromatic N) is 1. The van der Waals surface area contributed by atoms with Gasteiger partial charge < -0.3 is 15.0 Å². The Bertz CT molecular complexity index is 776. The molecule has 5 nitrogen and oxygen atoms in total. The number of hydrogen-bond acceptors (Lipinski definition) is 3. The predicted octanol–water partition coefficient (Wildman–Crippen LogP) is 3.40. The molecule has 2 amide bonds. The van der Waals surface area contributed by atoms with Crippen molar-refractivity contribution in [3.63, 3.8) is 0 Å². The summed E-state index contributed by atoms with van der Waals surface area (Å²) in [5.41, 5.74) is 1.11. The summed E-state index contributed by atoms with van der Waals surface area (Å²) in [4.78, 5) is 25.7. The molecule has 2 aromatic carbocycles. The van der Waals surface area contributed by atoms with Gasteiger partial charge in [-0.1, -0.05) is 30.3 Å². The molecule has 1 aliphatic heterocycles. The van der Waals surface area contributed by atoms with E-state index < -0.39 is 0 Å². The van der Waals surface area contributed by atoms with Crippen molar-refractivity contribution in [1.29, 1.82) is 0 Å². The third-order valence-corrected chi connectivity index (χ3v) is 4.83. The van der Waals surface area contributed by atoms with Gasteiger partial charge in [0.1, 0.15) is 11.5 Å². The Kier molecular flexibility index (Phi) is 6.47. The highest BCUT2D eigenvalue weighted by molar-refractivity contribution is 5.80. The van der Waals surface area contributed by atoms with Crippen LogP contribution >= 0.6 is 0 Å². The lowest BCUT2D eigenvalue weighted by molar-refractivity contribution is -0.133. The van der Waals surface area contributed by atoms with Gasteiger partial charge in [0, 0.05) is 26.6 Å². The van der Waals surface area contributed by atoms with Crippen molar-refractivity contribution >= 4 is 11.8 Å². The molecule has 1 heterocycles. The second-order valence-corrected chi connectivity index (χ2v) is 6.91. The number of likely N-dealkylation sites (tertiary alicyclic amines) is 1. The standard InChI is InChI=1S/C22H26N2O3/c1-17(25)24-14-6-8-19(16-24)22(26)23-13-12-18-7-5-11-21(15-18)27-20-9-3-2-4-10-20/h2-5,7,9-11,15,19H,6,8,12-14,16H2,1H3,(H,23,26)/t19-/m1/s1. The van der Waals surface area contributed by atoms with Crippen molar-refractivity contribution in [2.24, 2.45) is 5.92 Å². The Hall–Kier alpha value is -2.82. The second-order valence-electron chi connectivity index (χ2n) is 6.91. The van der Waals surface area contributed by atoms with Crippen LogP contribution in [0.2, 0.25) is 0 Å². The monoisotopic (exact) mass is 366 g/mol. The van der Waals surface area contributed by atoms with Crippen LogP contribution in [-0.4, -0.2) is 36.3 Å². The van der Waals surface area contributed by atoms with Crippen LogP contribution in [0.3, 0.4) is 0 Å². The minimum atomic E-state index is -0.101. The van der Waals surface area contributed by atoms with Crippen LogP contribution < -0.4 is 10.1 Å². The Morgan fingerprint density at radius 3 is 2.67 bits per heavy atom. The van der Waals surface area contributed by atoms with Crippen LogP contribution in [0.4, 0.5) is 0 Å². The highest BCUT2D eigenvalue weighted by Crippen LogP contribution is 2.22. The molecule has 0 bridgehead atoms. The number of carbonyl (C=O) groups is 2. The van der Waals surface area contributed by atoms with Crippen molar-refractivity contribution < 1.29 is 14.3 Å². The van der Waals surface area contributed by atoms with Crippen LogP contribution in [0, 0.1) is 5.92 Å². The van der Waals surface area contributed by atoms with Crippen molar-refractivity contribution in [2.45, 2.75) is 26.2 Å². The Morgan fingerprint density at radius 2 is 1.89 bits per heavy atom. The number of benzene rings is 2. The zero-order valence-corrected chi connectivity index (χ0v) is 15.7. The van der Waals surface area contributed by atoms with E-state index in [0.29, 0.717) is 13.1 Å². The van der Waals surface area contributed by atoms with Gasteiger partial charge in [0.05, 0.1) is 5.92 Å². The van der Waals surface area contributed by atoms with E-state index >= 15 is 0 Å². The highest BCUT2D eigenvalue weighted by Gasteiger charge is 2.26. The number of hydrogen-bond donors (Lipinski definition) is 1. The van der Waals surface area contributed by atoms with Crippen molar-refractivity contribution in [2.75, 3.05) is 19.6 Å². The third-order valence-electron chi connectivity index (χ3n) is 4.83. The van der Waals surface area contributed by atoms with Crippen molar-refractivity contribution in [3.8, 4) is 11.5 Å². The molecule has 2 aromatic rings. The van der Waals surface area contributed by atoms with Gasteiger partial charge in [-0.2, -0.15) is 0 Å². The van der Waals surface area contributed by atoms with Gasteiger partial charge in [-0.05, 0) is 49.1 Å². The molecule has 0 unspecified atom stereocenters. The first-order valence-electron chi connectivity index (χ1n) is 9.47. The zero-order valence-electron chi connectivity index (χ0n) is 15.7. The summed E-state index contributed by atoms with van der Waals surface area (Å²) in [6, 6.07) is 17.6. The summed E-state index contributed by atoms with van der Waals surface area (Å²) in [6.07, 6.45) is 2.47. The minimum absolute atomic E-state index is 0.0395. The molecule has 1 saturated heterocycles. The average molecular weight is 366 g/mol. The van der Waals surface area contributed by atoms with Gasteiger partial charge in [-0.3, -0.25) is 9.59 Å². The first-order valence-corrected chi connectivity index (χ1v) is 9.47. The maximum Gasteiger partial charge on any atom is 0.224 e. The molecule has 1 atom stereocenters. The molecule has 0 spiro atoms. The number of nitrogens with one attached hydrogen (secondary N) is 1. The van der Waals surface area contributed by atoms with Crippen LogP contribution in [0.25, 0.3) is 0 Å². The summed E-state index contributed by atoms with van der Waals surface area (Å²) in [5.74, 6) is 1.57. The molecule has 0 aliphatic carbocycles. The Balaban J connectivity index is 1.48. The van der Waals surface area contributed by atoms with Crippen LogP contribution in [-0.2, 0) is 16.0 Å². The molecular weight excluding hydrogens is 340 g/mol. The van der Waals surface area contributed by atoms with E-state index in [9.17, 15) is 9.59 Å². The van der Waals surface area contributed by atoms with Gasteiger partial charge in [0.25, 0.3) is 0 Å². The normalized spacial score (nSPS) is 16.6. The fourth-order valence-electron chi connectivity index (χ4n) is 3.34. The SMILES string of the molecule is CC(=O)N1CCC[C@@H](C(=O)NCCc2cccc(Oc3ccccc3)c2)C1. The summed E-state index contributed by atoms with van der Waals surface area (Å²) in [6.45, 7) is 3.42. The first-order chi connectivity index (χ1) is 13.1. The van der Waals surface area contributed by atoms with Crippen LogP contribution in [0.1, 0.15) is 25.3 Å². The lowest BCUT2D eigenvalue weighted by Crippen LogP contribution is -2.45. The molecule has 5 heteroatoms. The molecule has 1 N–H and O–H groups in total. The first kappa shape index (κ1) is 19.0. The average Bonchev–Trinajstić information content (AvgIpc) is 2.69. The van der Waals surface area contributed by atoms with E-state index in [0.717, 1.165) is 42.9 Å². The quantitative estimate of drug-likeness (QED) is 0.852. The smallest absolute Gasteiger partial charge is 0.224 e. The van der Waals surface area contributed by atoms with E-state index in [4.69, 9.17) is 4.74 Å². The zero-order chi connectivity index (χ0) is 19.1. The largest absolute Gasteiger partial charge is 0.457 e. The van der Waals surface area contributed by atoms with Crippen molar-refractivity contribution in [1.82, 2.24) is 10.2 Å². The van der Waals surface area contributed by atoms with Gasteiger partial charge in [0.15, 0.2) is 0 Å². The third kappa shape index (κ3) is 5.58. The predicted molar refractivity (Wildman–Crippen MR) is 105 cm³/mol. The van der Waals surface area contributed by atoms with E-state index in [1.54, 1.807) is 11.8 Å². The van der Waals surface area contributed by atoms with E-state index in [-0.39, 0.29) is 17.7 Å². The van der Waals surface area contributed by atoms with E-state index in [1.165, 1.54) is 0 Å². The van der Waals surface area contributed by atoms with Gasteiger partial charge in [-0.25, -0.2) is 0 Å². The van der Waals surface area contributed by atoms with Gasteiger partial charge in [-0.15, -0.1) is 0 Å². The maximum atomic E-state index is 12.4. The number of piperidine rings is 1. The number of amides is 2. The summed E-state index contributed by atoms with van der Waals surface area (Å²) in [7, 11) is 0. The highest BCUT2D eigenvalue weighted by atomic mass is 16.5. The number of ether oxygens (including phenoxy) is 1. The molecule has 142 valence electrons. The molecular formula is C22H26N2O3. The summed E-state index contributed by atoms with van der Waals surface area (Å²) >= 11 is 0. The molecule has 27 heavy (non-hydrogen) atoms. The van der Waals surface area contributed by atoms with E-state index in [2.05, 4.69) is 5.32 Å². The minimum Gasteiger partial charge on any atom is -0.457 e. The summed E-state index contributed by atoms with van der Waals surface area (Å²) in [5, 5.41) is 3.01. The molecule has 1 aliphatic rings. The van der Waals surface area contributed by atoms with Crippen LogP contribution in [0.15, 0.2) is 54.6 Å². The number of para-hydroxylation sites is 1. The lowest BCUT2D eigenvalue weighted by Gasteiger charge is -2.31.